The minimum absolute atomic E-state index is 0.0518. The van der Waals surface area contributed by atoms with Crippen LogP contribution >= 0.6 is 0 Å². The Balaban J connectivity index is 1.53. The number of benzene rings is 2. The summed E-state index contributed by atoms with van der Waals surface area (Å²) in [6.45, 7) is 7.98. The number of nitrogens with one attached hydrogen (secondary N) is 1. The summed E-state index contributed by atoms with van der Waals surface area (Å²) in [5.41, 5.74) is 2.15. The maximum atomic E-state index is 13.8. The fourth-order valence-electron chi connectivity index (χ4n) is 5.82. The molecule has 8 nitrogen and oxygen atoms in total. The molecule has 43 heavy (non-hydrogen) atoms. The Morgan fingerprint density at radius 3 is 2.23 bits per heavy atom. The van der Waals surface area contributed by atoms with Gasteiger partial charge in [-0.05, 0) is 62.1 Å². The Kier molecular flexibility index (Phi) is 10.7. The van der Waals surface area contributed by atoms with Gasteiger partial charge < -0.3 is 19.7 Å². The van der Waals surface area contributed by atoms with E-state index in [1.807, 2.05) is 68.4 Å². The molecule has 1 N–H and O–H groups in total. The van der Waals surface area contributed by atoms with E-state index in [0.29, 0.717) is 38.8 Å². The van der Waals surface area contributed by atoms with Crippen molar-refractivity contribution >= 4 is 29.2 Å². The third-order valence-electron chi connectivity index (χ3n) is 8.44. The molecule has 2 aliphatic heterocycles. The fourth-order valence-corrected chi connectivity index (χ4v) is 5.82. The number of rotatable bonds is 15. The van der Waals surface area contributed by atoms with Gasteiger partial charge in [0.25, 0.3) is 0 Å². The number of carbonyl (C=O) groups excluding carboxylic acids is 5. The predicted octanol–water partition coefficient (Wildman–Crippen LogP) is 4.72. The molecule has 0 spiro atoms. The molecule has 2 aliphatic rings. The van der Waals surface area contributed by atoms with E-state index in [1.165, 1.54) is 6.92 Å². The number of epoxide rings is 1. The van der Waals surface area contributed by atoms with Crippen LogP contribution in [-0.4, -0.2) is 64.9 Å². The van der Waals surface area contributed by atoms with Crippen molar-refractivity contribution in [1.29, 1.82) is 0 Å². The van der Waals surface area contributed by atoms with Crippen LogP contribution in [0.25, 0.3) is 11.1 Å². The smallest absolute Gasteiger partial charge is 0.224 e. The van der Waals surface area contributed by atoms with Crippen LogP contribution in [0.3, 0.4) is 0 Å². The Morgan fingerprint density at radius 1 is 0.977 bits per heavy atom. The summed E-state index contributed by atoms with van der Waals surface area (Å²) in [4.78, 5) is 66.6. The van der Waals surface area contributed by atoms with Gasteiger partial charge in [0.2, 0.25) is 11.8 Å². The number of hydrogen-bond acceptors (Lipinski definition) is 6. The second-order valence-corrected chi connectivity index (χ2v) is 12.7. The highest BCUT2D eigenvalue weighted by molar-refractivity contribution is 5.98. The van der Waals surface area contributed by atoms with Crippen molar-refractivity contribution in [2.75, 3.05) is 13.2 Å². The zero-order valence-electron chi connectivity index (χ0n) is 25.8. The zero-order valence-corrected chi connectivity index (χ0v) is 25.8. The first-order chi connectivity index (χ1) is 20.5. The van der Waals surface area contributed by atoms with E-state index in [-0.39, 0.29) is 54.3 Å². The maximum absolute atomic E-state index is 13.8. The quantitative estimate of drug-likeness (QED) is 0.301. The summed E-state index contributed by atoms with van der Waals surface area (Å²) < 4.78 is 5.39. The molecule has 8 heteroatoms. The summed E-state index contributed by atoms with van der Waals surface area (Å²) >= 11 is 0. The lowest BCUT2D eigenvalue weighted by molar-refractivity contribution is -0.139. The standard InChI is InChI=1S/C35H44N2O6/c1-23(2)19-29(33(41)35(4)22-43-35)36-34(42)28(20-25-13-15-27(16-14-25)26-9-6-5-7-10-26)21-31(39)30-11-8-18-37(30)32(40)17-12-24(3)38/h5-7,9-10,13-16,23,28-30H,8,11-12,17-22H2,1-4H3,(H,36,42)/t28-,29+,30+,35-/m1/s1. The fraction of sp³-hybridized carbons (Fsp3) is 0.514. The number of ether oxygens (including phenoxy) is 1. The van der Waals surface area contributed by atoms with E-state index < -0.39 is 23.6 Å². The van der Waals surface area contributed by atoms with Gasteiger partial charge in [0, 0.05) is 31.7 Å². The highest BCUT2D eigenvalue weighted by Gasteiger charge is 2.50. The predicted molar refractivity (Wildman–Crippen MR) is 164 cm³/mol. The summed E-state index contributed by atoms with van der Waals surface area (Å²) in [6, 6.07) is 16.6. The lowest BCUT2D eigenvalue weighted by Crippen LogP contribution is -2.49. The number of amides is 2. The molecule has 2 fully saturated rings. The van der Waals surface area contributed by atoms with Crippen LogP contribution in [0.15, 0.2) is 54.6 Å². The first-order valence-electron chi connectivity index (χ1n) is 15.4. The molecule has 0 saturated carbocycles. The molecule has 0 radical (unpaired) electrons. The SMILES string of the molecule is CC(=O)CCC(=O)N1CCC[C@H]1C(=O)C[C@@H](Cc1ccc(-c2ccccc2)cc1)C(=O)N[C@@H](CC(C)C)C(=O)[C@@]1(C)CO1. The summed E-state index contributed by atoms with van der Waals surface area (Å²) in [5, 5.41) is 2.98. The molecule has 2 saturated heterocycles. The van der Waals surface area contributed by atoms with Crippen molar-refractivity contribution in [3.8, 4) is 11.1 Å². The third-order valence-corrected chi connectivity index (χ3v) is 8.44. The van der Waals surface area contributed by atoms with Crippen LogP contribution in [0.1, 0.15) is 71.8 Å². The summed E-state index contributed by atoms with van der Waals surface area (Å²) in [5.74, 6) is -1.50. The van der Waals surface area contributed by atoms with E-state index in [2.05, 4.69) is 5.32 Å². The number of Topliss-reactive ketones (excluding diaryl/α,β-unsaturated/α-hetero) is 3. The molecule has 4 rings (SSSR count). The van der Waals surface area contributed by atoms with E-state index in [1.54, 1.807) is 11.8 Å². The van der Waals surface area contributed by atoms with Crippen molar-refractivity contribution in [2.45, 2.75) is 90.3 Å². The third kappa shape index (κ3) is 8.69. The van der Waals surface area contributed by atoms with Gasteiger partial charge in [-0.3, -0.25) is 19.2 Å². The summed E-state index contributed by atoms with van der Waals surface area (Å²) in [6.07, 6.45) is 2.19. The van der Waals surface area contributed by atoms with Crippen LogP contribution in [0, 0.1) is 11.8 Å². The van der Waals surface area contributed by atoms with Crippen LogP contribution in [-0.2, 0) is 35.1 Å². The van der Waals surface area contributed by atoms with Gasteiger partial charge >= 0.3 is 0 Å². The van der Waals surface area contributed by atoms with E-state index in [0.717, 1.165) is 16.7 Å². The van der Waals surface area contributed by atoms with Crippen molar-refractivity contribution in [3.05, 3.63) is 60.2 Å². The number of ketones is 3. The van der Waals surface area contributed by atoms with Crippen molar-refractivity contribution in [3.63, 3.8) is 0 Å². The van der Waals surface area contributed by atoms with E-state index in [4.69, 9.17) is 4.74 Å². The average molecular weight is 589 g/mol. The van der Waals surface area contributed by atoms with Crippen LogP contribution in [0.5, 0.6) is 0 Å². The first kappa shape index (κ1) is 32.3. The number of hydrogen-bond donors (Lipinski definition) is 1. The van der Waals surface area contributed by atoms with Gasteiger partial charge in [-0.15, -0.1) is 0 Å². The second-order valence-electron chi connectivity index (χ2n) is 12.7. The lowest BCUT2D eigenvalue weighted by atomic mass is 9.88. The molecule has 0 aromatic heterocycles. The van der Waals surface area contributed by atoms with Crippen molar-refractivity contribution in [2.24, 2.45) is 11.8 Å². The van der Waals surface area contributed by atoms with Crippen LogP contribution in [0.4, 0.5) is 0 Å². The molecule has 2 amide bonds. The number of nitrogens with zero attached hydrogens (tertiary/aromatic N) is 1. The average Bonchev–Trinajstić information content (AvgIpc) is 3.54. The minimum atomic E-state index is -0.879. The topological polar surface area (TPSA) is 113 Å². The van der Waals surface area contributed by atoms with Crippen LogP contribution < -0.4 is 5.32 Å². The Bertz CT molecular complexity index is 1320. The van der Waals surface area contributed by atoms with Crippen LogP contribution in [0.2, 0.25) is 0 Å². The Labute approximate surface area is 254 Å². The molecule has 2 aromatic rings. The molecular formula is C35H44N2O6. The van der Waals surface area contributed by atoms with Gasteiger partial charge in [0.05, 0.1) is 18.7 Å². The monoisotopic (exact) mass is 588 g/mol. The second kappa shape index (κ2) is 14.2. The maximum Gasteiger partial charge on any atom is 0.224 e. The van der Waals surface area contributed by atoms with Gasteiger partial charge in [0.1, 0.15) is 11.4 Å². The number of carbonyl (C=O) groups is 5. The molecule has 0 bridgehead atoms. The van der Waals surface area contributed by atoms with Crippen molar-refractivity contribution < 1.29 is 28.7 Å². The highest BCUT2D eigenvalue weighted by Crippen LogP contribution is 2.30. The largest absolute Gasteiger partial charge is 0.361 e. The zero-order chi connectivity index (χ0) is 31.1. The Hall–Kier alpha value is -3.65. The summed E-state index contributed by atoms with van der Waals surface area (Å²) in [7, 11) is 0. The van der Waals surface area contributed by atoms with Gasteiger partial charge in [-0.1, -0.05) is 68.4 Å². The molecule has 2 aromatic carbocycles. The number of likely N-dealkylation sites (tertiary alicyclic amines) is 1. The minimum Gasteiger partial charge on any atom is -0.361 e. The molecule has 4 atom stereocenters. The molecule has 230 valence electrons. The van der Waals surface area contributed by atoms with E-state index >= 15 is 0 Å². The molecular weight excluding hydrogens is 544 g/mol. The molecule has 0 unspecified atom stereocenters. The normalized spacial score (nSPS) is 20.9. The van der Waals surface area contributed by atoms with Crippen molar-refractivity contribution in [1.82, 2.24) is 10.2 Å². The highest BCUT2D eigenvalue weighted by atomic mass is 16.6. The Morgan fingerprint density at radius 2 is 1.63 bits per heavy atom. The molecule has 2 heterocycles. The van der Waals surface area contributed by atoms with E-state index in [9.17, 15) is 24.0 Å². The van der Waals surface area contributed by atoms with Gasteiger partial charge in [-0.2, -0.15) is 0 Å². The van der Waals surface area contributed by atoms with Gasteiger partial charge in [0.15, 0.2) is 11.6 Å². The van der Waals surface area contributed by atoms with Gasteiger partial charge in [-0.25, -0.2) is 0 Å². The molecule has 0 aliphatic carbocycles. The lowest BCUT2D eigenvalue weighted by Gasteiger charge is -2.27. The first-order valence-corrected chi connectivity index (χ1v) is 15.4.